The minimum absolute atomic E-state index is 0. The van der Waals surface area contributed by atoms with Crippen molar-refractivity contribution in [3.8, 4) is 11.5 Å². The highest BCUT2D eigenvalue weighted by Gasteiger charge is 2.16. The lowest BCUT2D eigenvalue weighted by molar-refractivity contribution is -0.130. The summed E-state index contributed by atoms with van der Waals surface area (Å²) in [7, 11) is 4.91. The second-order valence-electron chi connectivity index (χ2n) is 5.91. The van der Waals surface area contributed by atoms with Crippen molar-refractivity contribution in [1.82, 2.24) is 15.5 Å². The standard InChI is InChI=1S/C18H28N4O3.HI/c1-19-18(21-13-17(23)22-9-5-4-6-10-22)20-12-14-7-8-15(24-2)16(11-14)25-3;/h7-8,11H,4-6,9-10,12-13H2,1-3H3,(H2,19,20,21);1H. The van der Waals surface area contributed by atoms with Crippen LogP contribution in [0, 0.1) is 0 Å². The van der Waals surface area contributed by atoms with Crippen molar-refractivity contribution in [1.29, 1.82) is 0 Å². The third kappa shape index (κ3) is 6.54. The van der Waals surface area contributed by atoms with Gasteiger partial charge in [0.25, 0.3) is 0 Å². The van der Waals surface area contributed by atoms with E-state index in [1.807, 2.05) is 23.1 Å². The molecule has 2 rings (SSSR count). The number of amides is 1. The maximum absolute atomic E-state index is 12.2. The molecule has 1 aromatic carbocycles. The molecule has 1 amide bonds. The fraction of sp³-hybridized carbons (Fsp3) is 0.556. The molecule has 1 saturated heterocycles. The van der Waals surface area contributed by atoms with Gasteiger partial charge in [0.15, 0.2) is 17.5 Å². The van der Waals surface area contributed by atoms with Crippen LogP contribution in [-0.2, 0) is 11.3 Å². The van der Waals surface area contributed by atoms with Crippen molar-refractivity contribution in [3.63, 3.8) is 0 Å². The van der Waals surface area contributed by atoms with Crippen molar-refractivity contribution in [2.75, 3.05) is 40.9 Å². The molecule has 0 aromatic heterocycles. The first-order valence-corrected chi connectivity index (χ1v) is 8.61. The molecule has 1 aromatic rings. The van der Waals surface area contributed by atoms with Crippen LogP contribution in [0.2, 0.25) is 0 Å². The number of benzene rings is 1. The van der Waals surface area contributed by atoms with Crippen molar-refractivity contribution < 1.29 is 14.3 Å². The van der Waals surface area contributed by atoms with E-state index in [1.165, 1.54) is 6.42 Å². The van der Waals surface area contributed by atoms with E-state index in [1.54, 1.807) is 21.3 Å². The van der Waals surface area contributed by atoms with Crippen LogP contribution in [0.4, 0.5) is 0 Å². The summed E-state index contributed by atoms with van der Waals surface area (Å²) in [5.41, 5.74) is 1.03. The highest BCUT2D eigenvalue weighted by molar-refractivity contribution is 14.0. The topological polar surface area (TPSA) is 75.2 Å². The van der Waals surface area contributed by atoms with E-state index in [0.717, 1.165) is 31.5 Å². The molecule has 1 fully saturated rings. The quantitative estimate of drug-likeness (QED) is 0.373. The highest BCUT2D eigenvalue weighted by atomic mass is 127. The number of ether oxygens (including phenoxy) is 2. The molecular weight excluding hydrogens is 447 g/mol. The first kappa shape index (κ1) is 22.3. The SMILES string of the molecule is CN=C(NCC(=O)N1CCCCC1)NCc1ccc(OC)c(OC)c1.I. The monoisotopic (exact) mass is 476 g/mol. The van der Waals surface area contributed by atoms with E-state index < -0.39 is 0 Å². The number of guanidine groups is 1. The van der Waals surface area contributed by atoms with Crippen LogP contribution in [0.3, 0.4) is 0 Å². The van der Waals surface area contributed by atoms with Gasteiger partial charge in [-0.2, -0.15) is 0 Å². The van der Waals surface area contributed by atoms with Crippen LogP contribution in [0.25, 0.3) is 0 Å². The lowest BCUT2D eigenvalue weighted by Gasteiger charge is -2.27. The zero-order valence-corrected chi connectivity index (χ0v) is 18.0. The Kier molecular flexibility index (Phi) is 10.2. The zero-order valence-electron chi connectivity index (χ0n) is 15.7. The summed E-state index contributed by atoms with van der Waals surface area (Å²) < 4.78 is 10.5. The van der Waals surface area contributed by atoms with Crippen LogP contribution in [0.5, 0.6) is 11.5 Å². The fourth-order valence-electron chi connectivity index (χ4n) is 2.81. The van der Waals surface area contributed by atoms with E-state index in [2.05, 4.69) is 15.6 Å². The number of nitrogens with zero attached hydrogens (tertiary/aromatic N) is 2. The van der Waals surface area contributed by atoms with E-state index in [-0.39, 0.29) is 36.4 Å². The van der Waals surface area contributed by atoms with Gasteiger partial charge in [-0.25, -0.2) is 0 Å². The Balaban J connectivity index is 0.00000338. The van der Waals surface area contributed by atoms with Gasteiger partial charge in [0.1, 0.15) is 0 Å². The average Bonchev–Trinajstić information content (AvgIpc) is 2.68. The van der Waals surface area contributed by atoms with Crippen LogP contribution in [0.15, 0.2) is 23.2 Å². The number of hydrogen-bond acceptors (Lipinski definition) is 4. The molecule has 1 aliphatic heterocycles. The maximum atomic E-state index is 12.2. The van der Waals surface area contributed by atoms with E-state index >= 15 is 0 Å². The number of carbonyl (C=O) groups is 1. The van der Waals surface area contributed by atoms with Gasteiger partial charge in [0.2, 0.25) is 5.91 Å². The number of likely N-dealkylation sites (tertiary alicyclic amines) is 1. The lowest BCUT2D eigenvalue weighted by Crippen LogP contribution is -2.45. The molecule has 8 heteroatoms. The largest absolute Gasteiger partial charge is 0.493 e. The Labute approximate surface area is 172 Å². The predicted octanol–water partition coefficient (Wildman–Crippen LogP) is 2.00. The molecular formula is C18H29IN4O3. The number of halogens is 1. The molecule has 1 aliphatic rings. The number of hydrogen-bond donors (Lipinski definition) is 2. The van der Waals surface area contributed by atoms with Crippen molar-refractivity contribution in [3.05, 3.63) is 23.8 Å². The average molecular weight is 476 g/mol. The molecule has 2 N–H and O–H groups in total. The number of methoxy groups -OCH3 is 2. The van der Waals surface area contributed by atoms with Crippen LogP contribution < -0.4 is 20.1 Å². The molecule has 146 valence electrons. The molecule has 0 atom stereocenters. The Morgan fingerprint density at radius 2 is 1.81 bits per heavy atom. The Bertz CT molecular complexity index is 604. The third-order valence-corrected chi connectivity index (χ3v) is 4.25. The maximum Gasteiger partial charge on any atom is 0.241 e. The zero-order chi connectivity index (χ0) is 18.1. The summed E-state index contributed by atoms with van der Waals surface area (Å²) in [5.74, 6) is 2.10. The fourth-order valence-corrected chi connectivity index (χ4v) is 2.81. The van der Waals surface area contributed by atoms with Gasteiger partial charge in [-0.1, -0.05) is 6.07 Å². The third-order valence-electron chi connectivity index (χ3n) is 4.25. The summed E-state index contributed by atoms with van der Waals surface area (Å²) in [5, 5.41) is 6.28. The number of nitrogens with one attached hydrogen (secondary N) is 2. The van der Waals surface area contributed by atoms with Crippen LogP contribution in [0.1, 0.15) is 24.8 Å². The van der Waals surface area contributed by atoms with Crippen molar-refractivity contribution >= 4 is 35.8 Å². The minimum Gasteiger partial charge on any atom is -0.493 e. The molecule has 0 aliphatic carbocycles. The molecule has 0 saturated carbocycles. The Morgan fingerprint density at radius 3 is 2.42 bits per heavy atom. The summed E-state index contributed by atoms with van der Waals surface area (Å²) in [6, 6.07) is 5.74. The molecule has 0 spiro atoms. The minimum atomic E-state index is 0. The summed E-state index contributed by atoms with van der Waals surface area (Å²) in [6.45, 7) is 2.54. The Hall–Kier alpha value is -1.71. The number of aliphatic imine (C=N–C) groups is 1. The van der Waals surface area contributed by atoms with E-state index in [4.69, 9.17) is 9.47 Å². The van der Waals surface area contributed by atoms with Gasteiger partial charge in [0, 0.05) is 26.7 Å². The van der Waals surface area contributed by atoms with Crippen molar-refractivity contribution in [2.24, 2.45) is 4.99 Å². The molecule has 0 unspecified atom stereocenters. The number of rotatable bonds is 6. The van der Waals surface area contributed by atoms with Crippen LogP contribution >= 0.6 is 24.0 Å². The van der Waals surface area contributed by atoms with Crippen LogP contribution in [-0.4, -0.2) is 57.7 Å². The molecule has 0 bridgehead atoms. The van der Waals surface area contributed by atoms with Gasteiger partial charge >= 0.3 is 0 Å². The first-order chi connectivity index (χ1) is 12.2. The Morgan fingerprint density at radius 1 is 1.12 bits per heavy atom. The lowest BCUT2D eigenvalue weighted by atomic mass is 10.1. The second-order valence-corrected chi connectivity index (χ2v) is 5.91. The highest BCUT2D eigenvalue weighted by Crippen LogP contribution is 2.27. The molecule has 26 heavy (non-hydrogen) atoms. The number of piperidine rings is 1. The molecule has 7 nitrogen and oxygen atoms in total. The molecule has 1 heterocycles. The summed E-state index contributed by atoms with van der Waals surface area (Å²) in [4.78, 5) is 18.3. The van der Waals surface area contributed by atoms with Crippen molar-refractivity contribution in [2.45, 2.75) is 25.8 Å². The summed E-state index contributed by atoms with van der Waals surface area (Å²) in [6.07, 6.45) is 3.40. The molecule has 0 radical (unpaired) electrons. The second kappa shape index (κ2) is 11.8. The van der Waals surface area contributed by atoms with Gasteiger partial charge in [-0.05, 0) is 37.0 Å². The summed E-state index contributed by atoms with van der Waals surface area (Å²) >= 11 is 0. The predicted molar refractivity (Wildman–Crippen MR) is 114 cm³/mol. The first-order valence-electron chi connectivity index (χ1n) is 8.61. The number of carbonyl (C=O) groups excluding carboxylic acids is 1. The van der Waals surface area contributed by atoms with Gasteiger partial charge in [-0.3, -0.25) is 9.79 Å². The normalized spacial score (nSPS) is 14.3. The van der Waals surface area contributed by atoms with Gasteiger partial charge in [-0.15, -0.1) is 24.0 Å². The van der Waals surface area contributed by atoms with Gasteiger partial charge < -0.3 is 25.0 Å². The smallest absolute Gasteiger partial charge is 0.241 e. The van der Waals surface area contributed by atoms with Gasteiger partial charge in [0.05, 0.1) is 20.8 Å². The van der Waals surface area contributed by atoms with E-state index in [0.29, 0.717) is 24.0 Å². The van der Waals surface area contributed by atoms with E-state index in [9.17, 15) is 4.79 Å².